The lowest BCUT2D eigenvalue weighted by Crippen LogP contribution is -2.39. The largest absolute Gasteiger partial charge is 0.342 e. The van der Waals surface area contributed by atoms with E-state index in [1.165, 1.54) is 19.3 Å². The number of carbonyl (C=O) groups excluding carboxylic acids is 1. The minimum Gasteiger partial charge on any atom is -0.342 e. The molecule has 1 saturated heterocycles. The van der Waals surface area contributed by atoms with Crippen LogP contribution in [0.15, 0.2) is 0 Å². The first-order chi connectivity index (χ1) is 7.92. The fraction of sp³-hybridized carbons (Fsp3) is 0.929. The number of amides is 1. The summed E-state index contributed by atoms with van der Waals surface area (Å²) in [4.78, 5) is 14.0. The molecule has 1 unspecified atom stereocenters. The fourth-order valence-electron chi connectivity index (χ4n) is 2.41. The van der Waals surface area contributed by atoms with Gasteiger partial charge in [0.2, 0.25) is 5.91 Å². The average molecular weight is 240 g/mol. The number of carbonyl (C=O) groups is 1. The van der Waals surface area contributed by atoms with Crippen LogP contribution in [0.3, 0.4) is 0 Å². The van der Waals surface area contributed by atoms with Crippen LogP contribution in [0, 0.1) is 5.92 Å². The molecule has 1 aliphatic rings. The predicted octanol–water partition coefficient (Wildman–Crippen LogP) is 2.41. The maximum atomic E-state index is 12.0. The van der Waals surface area contributed by atoms with E-state index in [0.717, 1.165) is 25.6 Å². The molecule has 1 atom stereocenters. The average Bonchev–Trinajstić information content (AvgIpc) is 2.65. The van der Waals surface area contributed by atoms with E-state index < -0.39 is 0 Å². The lowest BCUT2D eigenvalue weighted by Gasteiger charge is -2.22. The molecule has 1 amide bonds. The SMILES string of the molecule is CCCC1CCN(C(=O)CCNC(C)(C)C)C1. The number of nitrogens with one attached hydrogen (secondary N) is 1. The van der Waals surface area contributed by atoms with Crippen LogP contribution in [-0.4, -0.2) is 36.0 Å². The number of rotatable bonds is 5. The third kappa shape index (κ3) is 5.53. The van der Waals surface area contributed by atoms with Crippen molar-refractivity contribution >= 4 is 5.91 Å². The van der Waals surface area contributed by atoms with Gasteiger partial charge in [-0.05, 0) is 39.5 Å². The van der Waals surface area contributed by atoms with Crippen molar-refractivity contribution in [1.29, 1.82) is 0 Å². The topological polar surface area (TPSA) is 32.3 Å². The molecular formula is C14H28N2O. The quantitative estimate of drug-likeness (QED) is 0.800. The normalized spacial score (nSPS) is 20.9. The van der Waals surface area contributed by atoms with Crippen molar-refractivity contribution in [2.24, 2.45) is 5.92 Å². The summed E-state index contributed by atoms with van der Waals surface area (Å²) < 4.78 is 0. The van der Waals surface area contributed by atoms with Gasteiger partial charge in [0.25, 0.3) is 0 Å². The van der Waals surface area contributed by atoms with Crippen LogP contribution >= 0.6 is 0 Å². The molecule has 1 aliphatic heterocycles. The Bertz CT molecular complexity index is 245. The summed E-state index contributed by atoms with van der Waals surface area (Å²) in [6, 6.07) is 0. The molecule has 0 radical (unpaired) electrons. The van der Waals surface area contributed by atoms with Crippen molar-refractivity contribution in [2.45, 2.75) is 58.9 Å². The molecule has 0 aliphatic carbocycles. The van der Waals surface area contributed by atoms with Gasteiger partial charge in [0.1, 0.15) is 0 Å². The molecule has 0 aromatic carbocycles. The highest BCUT2D eigenvalue weighted by molar-refractivity contribution is 5.76. The Labute approximate surface area is 106 Å². The van der Waals surface area contributed by atoms with E-state index in [-0.39, 0.29) is 5.54 Å². The van der Waals surface area contributed by atoms with E-state index in [0.29, 0.717) is 12.3 Å². The zero-order chi connectivity index (χ0) is 12.9. The van der Waals surface area contributed by atoms with Gasteiger partial charge >= 0.3 is 0 Å². The van der Waals surface area contributed by atoms with E-state index in [9.17, 15) is 4.79 Å². The molecular weight excluding hydrogens is 212 g/mol. The monoisotopic (exact) mass is 240 g/mol. The van der Waals surface area contributed by atoms with Crippen LogP contribution in [0.5, 0.6) is 0 Å². The maximum Gasteiger partial charge on any atom is 0.223 e. The van der Waals surface area contributed by atoms with Gasteiger partial charge in [-0.2, -0.15) is 0 Å². The Morgan fingerprint density at radius 3 is 2.71 bits per heavy atom. The summed E-state index contributed by atoms with van der Waals surface area (Å²) in [5, 5.41) is 3.37. The van der Waals surface area contributed by atoms with Crippen molar-refractivity contribution in [3.63, 3.8) is 0 Å². The second kappa shape index (κ2) is 6.39. The van der Waals surface area contributed by atoms with E-state index >= 15 is 0 Å². The first-order valence-electron chi connectivity index (χ1n) is 6.95. The lowest BCUT2D eigenvalue weighted by atomic mass is 10.0. The molecule has 3 heteroatoms. The summed E-state index contributed by atoms with van der Waals surface area (Å²) in [5.74, 6) is 1.07. The van der Waals surface area contributed by atoms with Gasteiger partial charge in [-0.25, -0.2) is 0 Å². The third-order valence-corrected chi connectivity index (χ3v) is 3.33. The first-order valence-corrected chi connectivity index (χ1v) is 6.95. The van der Waals surface area contributed by atoms with Gasteiger partial charge in [-0.3, -0.25) is 4.79 Å². The van der Waals surface area contributed by atoms with Crippen LogP contribution in [0.4, 0.5) is 0 Å². The van der Waals surface area contributed by atoms with Crippen LogP contribution in [-0.2, 0) is 4.79 Å². The minimum absolute atomic E-state index is 0.107. The molecule has 17 heavy (non-hydrogen) atoms. The van der Waals surface area contributed by atoms with E-state index in [1.54, 1.807) is 0 Å². The van der Waals surface area contributed by atoms with Gasteiger partial charge in [0.05, 0.1) is 0 Å². The van der Waals surface area contributed by atoms with Crippen molar-refractivity contribution in [3.05, 3.63) is 0 Å². The van der Waals surface area contributed by atoms with E-state index in [4.69, 9.17) is 0 Å². The van der Waals surface area contributed by atoms with Gasteiger partial charge in [-0.15, -0.1) is 0 Å². The van der Waals surface area contributed by atoms with Gasteiger partial charge in [0, 0.05) is 31.6 Å². The molecule has 0 aromatic heterocycles. The van der Waals surface area contributed by atoms with Crippen LogP contribution in [0.25, 0.3) is 0 Å². The molecule has 1 N–H and O–H groups in total. The van der Waals surface area contributed by atoms with Crippen molar-refractivity contribution < 1.29 is 4.79 Å². The molecule has 0 spiro atoms. The van der Waals surface area contributed by atoms with Gasteiger partial charge in [-0.1, -0.05) is 13.3 Å². The second-order valence-corrected chi connectivity index (χ2v) is 6.21. The van der Waals surface area contributed by atoms with Gasteiger partial charge in [0.15, 0.2) is 0 Å². The Morgan fingerprint density at radius 1 is 1.41 bits per heavy atom. The van der Waals surface area contributed by atoms with Crippen LogP contribution in [0.1, 0.15) is 53.4 Å². The summed E-state index contributed by atoms with van der Waals surface area (Å²) in [7, 11) is 0. The molecule has 100 valence electrons. The Hall–Kier alpha value is -0.570. The van der Waals surface area contributed by atoms with Gasteiger partial charge < -0.3 is 10.2 Å². The summed E-state index contributed by atoms with van der Waals surface area (Å²) >= 11 is 0. The Balaban J connectivity index is 2.21. The maximum absolute atomic E-state index is 12.0. The molecule has 0 aromatic rings. The molecule has 1 rings (SSSR count). The molecule has 0 bridgehead atoms. The zero-order valence-corrected chi connectivity index (χ0v) is 11.9. The van der Waals surface area contributed by atoms with Crippen molar-refractivity contribution in [2.75, 3.05) is 19.6 Å². The Kier molecular flexibility index (Phi) is 5.44. The second-order valence-electron chi connectivity index (χ2n) is 6.21. The first kappa shape index (κ1) is 14.5. The zero-order valence-electron chi connectivity index (χ0n) is 11.9. The summed E-state index contributed by atoms with van der Waals surface area (Å²) in [6.07, 6.45) is 4.34. The number of hydrogen-bond donors (Lipinski definition) is 1. The standard InChI is InChI=1S/C14H28N2O/c1-5-6-12-8-10-16(11-12)13(17)7-9-15-14(2,3)4/h12,15H,5-11H2,1-4H3. The van der Waals surface area contributed by atoms with E-state index in [2.05, 4.69) is 33.0 Å². The van der Waals surface area contributed by atoms with Crippen LogP contribution < -0.4 is 5.32 Å². The lowest BCUT2D eigenvalue weighted by molar-refractivity contribution is -0.130. The summed E-state index contributed by atoms with van der Waals surface area (Å²) in [6.45, 7) is 11.4. The van der Waals surface area contributed by atoms with Crippen molar-refractivity contribution in [3.8, 4) is 0 Å². The minimum atomic E-state index is 0.107. The number of nitrogens with zero attached hydrogens (tertiary/aromatic N) is 1. The highest BCUT2D eigenvalue weighted by atomic mass is 16.2. The third-order valence-electron chi connectivity index (χ3n) is 3.33. The van der Waals surface area contributed by atoms with E-state index in [1.807, 2.05) is 4.90 Å². The van der Waals surface area contributed by atoms with Crippen molar-refractivity contribution in [1.82, 2.24) is 10.2 Å². The number of likely N-dealkylation sites (tertiary alicyclic amines) is 1. The molecule has 1 fully saturated rings. The van der Waals surface area contributed by atoms with Crippen LogP contribution in [0.2, 0.25) is 0 Å². The predicted molar refractivity (Wildman–Crippen MR) is 72.0 cm³/mol. The highest BCUT2D eigenvalue weighted by Crippen LogP contribution is 2.21. The molecule has 1 heterocycles. The Morgan fingerprint density at radius 2 is 2.12 bits per heavy atom. The molecule has 3 nitrogen and oxygen atoms in total. The number of hydrogen-bond acceptors (Lipinski definition) is 2. The summed E-state index contributed by atoms with van der Waals surface area (Å²) in [5.41, 5.74) is 0.107. The molecule has 0 saturated carbocycles. The fourth-order valence-corrected chi connectivity index (χ4v) is 2.41. The highest BCUT2D eigenvalue weighted by Gasteiger charge is 2.25. The smallest absolute Gasteiger partial charge is 0.223 e.